The standard InChI is InChI=1S/C41H65NO7S/c1-7-8-21-33(44)37(46)29-19-15-12-10-9-11-13-16-20-30(38(47)42-27-32-35(40(32,5)6)36(42)34(45)25-29)24-31(43)26-41(22-17-14-18-23-41)28-50(48,49)39(2,3)4/h7,29-30,32,35-36H,1,8-28H2,2-6H3/t29-,30-,32+,35+,36-/m1/s1. The summed E-state index contributed by atoms with van der Waals surface area (Å²) in [6.07, 6.45) is 14.2. The molecule has 2 saturated heterocycles. The number of hydrogen-bond acceptors (Lipinski definition) is 7. The van der Waals surface area contributed by atoms with E-state index in [0.29, 0.717) is 38.6 Å². The minimum atomic E-state index is -3.45. The molecule has 4 fully saturated rings. The Labute approximate surface area is 302 Å². The number of piperidine rings is 1. The van der Waals surface area contributed by atoms with Crippen molar-refractivity contribution in [3.05, 3.63) is 12.7 Å². The van der Waals surface area contributed by atoms with Crippen LogP contribution in [0.3, 0.4) is 0 Å². The lowest BCUT2D eigenvalue weighted by molar-refractivity contribution is -0.145. The third-order valence-electron chi connectivity index (χ3n) is 12.8. The number of nitrogens with zero attached hydrogens (tertiary/aromatic N) is 1. The molecular formula is C41H65NO7S. The van der Waals surface area contributed by atoms with Gasteiger partial charge in [0.15, 0.2) is 21.4 Å². The van der Waals surface area contributed by atoms with E-state index < -0.39 is 49.4 Å². The van der Waals surface area contributed by atoms with Crippen LogP contribution >= 0.6 is 0 Å². The van der Waals surface area contributed by atoms with Crippen molar-refractivity contribution in [2.75, 3.05) is 12.3 Å². The van der Waals surface area contributed by atoms with Crippen molar-refractivity contribution < 1.29 is 32.4 Å². The molecule has 0 aromatic heterocycles. The average molecular weight is 716 g/mol. The van der Waals surface area contributed by atoms with Gasteiger partial charge in [0.1, 0.15) is 5.78 Å². The summed E-state index contributed by atoms with van der Waals surface area (Å²) in [7, 11) is -3.45. The first-order valence-electron chi connectivity index (χ1n) is 19.7. The van der Waals surface area contributed by atoms with Gasteiger partial charge in [0.05, 0.1) is 16.5 Å². The fraction of sp³-hybridized carbons (Fsp3) is 0.829. The predicted molar refractivity (Wildman–Crippen MR) is 197 cm³/mol. The first-order chi connectivity index (χ1) is 23.4. The Balaban J connectivity index is 1.58. The van der Waals surface area contributed by atoms with Crippen molar-refractivity contribution in [1.29, 1.82) is 0 Å². The second-order valence-corrected chi connectivity index (χ2v) is 20.7. The maximum atomic E-state index is 14.5. The number of allylic oxidation sites excluding steroid dienone is 1. The van der Waals surface area contributed by atoms with Gasteiger partial charge in [0.25, 0.3) is 0 Å². The molecule has 0 bridgehead atoms. The normalized spacial score (nSPS) is 29.5. The Kier molecular flexibility index (Phi) is 13.5. The smallest absolute Gasteiger partial charge is 0.226 e. The molecule has 2 saturated carbocycles. The lowest BCUT2D eigenvalue weighted by Gasteiger charge is -2.39. The van der Waals surface area contributed by atoms with Gasteiger partial charge in [-0.25, -0.2) is 8.42 Å². The minimum Gasteiger partial charge on any atom is -0.332 e. The molecule has 2 aliphatic carbocycles. The number of sulfone groups is 1. The average Bonchev–Trinajstić information content (AvgIpc) is 3.34. The zero-order chi connectivity index (χ0) is 36.9. The molecule has 2 aliphatic heterocycles. The molecule has 0 spiro atoms. The number of Topliss-reactive ketones (excluding diaryl/α,β-unsaturated/α-hetero) is 4. The molecule has 8 nitrogen and oxygen atoms in total. The highest BCUT2D eigenvalue weighted by atomic mass is 32.2. The number of amides is 1. The van der Waals surface area contributed by atoms with E-state index in [9.17, 15) is 32.4 Å². The maximum Gasteiger partial charge on any atom is 0.226 e. The number of fused-ring (bicyclic) bond motifs is 3. The summed E-state index contributed by atoms with van der Waals surface area (Å²) < 4.78 is 25.9. The molecule has 0 N–H and O–H groups in total. The summed E-state index contributed by atoms with van der Waals surface area (Å²) in [4.78, 5) is 70.7. The highest BCUT2D eigenvalue weighted by molar-refractivity contribution is 7.92. The van der Waals surface area contributed by atoms with Crippen LogP contribution in [0.15, 0.2) is 12.7 Å². The van der Waals surface area contributed by atoms with Gasteiger partial charge in [-0.15, -0.1) is 6.58 Å². The summed E-state index contributed by atoms with van der Waals surface area (Å²) in [6.45, 7) is 13.5. The Morgan fingerprint density at radius 2 is 1.48 bits per heavy atom. The largest absolute Gasteiger partial charge is 0.332 e. The van der Waals surface area contributed by atoms with E-state index in [4.69, 9.17) is 0 Å². The molecule has 5 atom stereocenters. The van der Waals surface area contributed by atoms with E-state index in [0.717, 1.165) is 64.2 Å². The molecule has 50 heavy (non-hydrogen) atoms. The topological polar surface area (TPSA) is 123 Å². The molecule has 4 rings (SSSR count). The number of hydrogen-bond donors (Lipinski definition) is 0. The Hall–Kier alpha value is -2.16. The SMILES string of the molecule is C=CCCC(=O)C(=O)[C@@H]1CCCCCCCCC[C@H](CC(=O)CC2(CS(=O)(=O)C(C)(C)C)CCCCC2)C(=O)N2C[C@H]3[C@@H]([C@H]2C(=O)C1)C3(C)C. The zero-order valence-electron chi connectivity index (χ0n) is 31.7. The first-order valence-corrected chi connectivity index (χ1v) is 21.3. The van der Waals surface area contributed by atoms with Gasteiger partial charge < -0.3 is 4.90 Å². The lowest BCUT2D eigenvalue weighted by atomic mass is 9.71. The highest BCUT2D eigenvalue weighted by Gasteiger charge is 2.69. The molecule has 282 valence electrons. The Morgan fingerprint density at radius 1 is 0.900 bits per heavy atom. The van der Waals surface area contributed by atoms with Crippen LogP contribution in [0.5, 0.6) is 0 Å². The van der Waals surface area contributed by atoms with E-state index in [2.05, 4.69) is 20.4 Å². The first kappa shape index (κ1) is 40.6. The van der Waals surface area contributed by atoms with E-state index in [1.165, 1.54) is 0 Å². The molecule has 0 radical (unpaired) electrons. The minimum absolute atomic E-state index is 0.00508. The van der Waals surface area contributed by atoms with Crippen molar-refractivity contribution in [1.82, 2.24) is 4.90 Å². The third kappa shape index (κ3) is 9.63. The van der Waals surface area contributed by atoms with Crippen LogP contribution in [0.1, 0.15) is 157 Å². The van der Waals surface area contributed by atoms with Crippen molar-refractivity contribution in [3.63, 3.8) is 0 Å². The Morgan fingerprint density at radius 3 is 2.08 bits per heavy atom. The molecule has 9 heteroatoms. The van der Waals surface area contributed by atoms with Crippen LogP contribution in [-0.2, 0) is 33.8 Å². The summed E-state index contributed by atoms with van der Waals surface area (Å²) in [6, 6.07) is -0.659. The predicted octanol–water partition coefficient (Wildman–Crippen LogP) is 7.80. The van der Waals surface area contributed by atoms with Crippen LogP contribution in [0.25, 0.3) is 0 Å². The van der Waals surface area contributed by atoms with Gasteiger partial charge in [0.2, 0.25) is 11.7 Å². The molecule has 2 heterocycles. The second kappa shape index (κ2) is 16.7. The second-order valence-electron chi connectivity index (χ2n) is 18.0. The number of ketones is 4. The Bertz CT molecular complexity index is 1380. The van der Waals surface area contributed by atoms with Gasteiger partial charge >= 0.3 is 0 Å². The maximum absolute atomic E-state index is 14.5. The van der Waals surface area contributed by atoms with Gasteiger partial charge in [0, 0.05) is 44.1 Å². The fourth-order valence-electron chi connectivity index (χ4n) is 9.43. The summed E-state index contributed by atoms with van der Waals surface area (Å²) >= 11 is 0. The van der Waals surface area contributed by atoms with Crippen LogP contribution in [0.2, 0.25) is 0 Å². The summed E-state index contributed by atoms with van der Waals surface area (Å²) in [5, 5.41) is 0. The van der Waals surface area contributed by atoms with Crippen LogP contribution in [0.4, 0.5) is 0 Å². The quantitative estimate of drug-likeness (QED) is 0.158. The molecule has 4 aliphatic rings. The van der Waals surface area contributed by atoms with Crippen molar-refractivity contribution in [2.24, 2.45) is 34.5 Å². The van der Waals surface area contributed by atoms with Crippen LogP contribution < -0.4 is 0 Å². The number of carbonyl (C=O) groups excluding carboxylic acids is 5. The lowest BCUT2D eigenvalue weighted by Crippen LogP contribution is -2.49. The van der Waals surface area contributed by atoms with Gasteiger partial charge in [-0.2, -0.15) is 0 Å². The van der Waals surface area contributed by atoms with E-state index in [1.807, 2.05) is 0 Å². The van der Waals surface area contributed by atoms with E-state index >= 15 is 0 Å². The zero-order valence-corrected chi connectivity index (χ0v) is 32.6. The van der Waals surface area contributed by atoms with Crippen molar-refractivity contribution >= 4 is 38.9 Å². The molecule has 0 aromatic rings. The summed E-state index contributed by atoms with van der Waals surface area (Å²) in [5.74, 6) is -2.37. The van der Waals surface area contributed by atoms with Gasteiger partial charge in [-0.3, -0.25) is 24.0 Å². The molecule has 0 aromatic carbocycles. The van der Waals surface area contributed by atoms with Crippen LogP contribution in [-0.4, -0.2) is 65.4 Å². The fourth-order valence-corrected chi connectivity index (χ4v) is 11.1. The summed E-state index contributed by atoms with van der Waals surface area (Å²) in [5.41, 5.74) is -0.709. The van der Waals surface area contributed by atoms with E-state index in [-0.39, 0.29) is 66.2 Å². The number of rotatable bonds is 11. The highest BCUT2D eigenvalue weighted by Crippen LogP contribution is 2.65. The molecule has 1 amide bonds. The van der Waals surface area contributed by atoms with E-state index in [1.54, 1.807) is 31.7 Å². The number of carbonyl (C=O) groups is 5. The van der Waals surface area contributed by atoms with Gasteiger partial charge in [-0.05, 0) is 75.5 Å². The van der Waals surface area contributed by atoms with Gasteiger partial charge in [-0.1, -0.05) is 84.1 Å². The third-order valence-corrected chi connectivity index (χ3v) is 15.7. The van der Waals surface area contributed by atoms with Crippen molar-refractivity contribution in [2.45, 2.75) is 167 Å². The molecule has 0 unspecified atom stereocenters. The van der Waals surface area contributed by atoms with Crippen LogP contribution in [0, 0.1) is 34.5 Å². The van der Waals surface area contributed by atoms with Crippen molar-refractivity contribution in [3.8, 4) is 0 Å². The molecular weight excluding hydrogens is 651 g/mol. The monoisotopic (exact) mass is 715 g/mol.